The molecule has 0 saturated heterocycles. The van der Waals surface area contributed by atoms with Crippen LogP contribution in [0.4, 0.5) is 26.3 Å². The molecule has 0 unspecified atom stereocenters. The van der Waals surface area contributed by atoms with Gasteiger partial charge in [0, 0.05) is 35.6 Å². The summed E-state index contributed by atoms with van der Waals surface area (Å²) in [6.45, 7) is -0.0285. The van der Waals surface area contributed by atoms with E-state index in [1.54, 1.807) is 24.3 Å². The van der Waals surface area contributed by atoms with Crippen LogP contribution >= 0.6 is 11.6 Å². The fourth-order valence-corrected chi connectivity index (χ4v) is 3.64. The van der Waals surface area contributed by atoms with Gasteiger partial charge in [-0.1, -0.05) is 23.7 Å². The second-order valence-electron chi connectivity index (χ2n) is 7.75. The number of aryl methyl sites for hydroxylation is 1. The van der Waals surface area contributed by atoms with E-state index >= 15 is 0 Å². The predicted octanol–water partition coefficient (Wildman–Crippen LogP) is 7.12. The number of benzene rings is 2. The van der Waals surface area contributed by atoms with Crippen LogP contribution in [0.1, 0.15) is 16.8 Å². The minimum Gasteiger partial charge on any atom is -0.506 e. The molecule has 5 nitrogen and oxygen atoms in total. The van der Waals surface area contributed by atoms with Crippen LogP contribution in [0.25, 0.3) is 22.4 Å². The predicted molar refractivity (Wildman–Crippen MR) is 119 cm³/mol. The van der Waals surface area contributed by atoms with Crippen molar-refractivity contribution in [1.82, 2.24) is 14.8 Å². The highest BCUT2D eigenvalue weighted by Gasteiger charge is 2.35. The lowest BCUT2D eigenvalue weighted by Crippen LogP contribution is -2.06. The number of ether oxygens (including phenoxy) is 1. The van der Waals surface area contributed by atoms with E-state index in [4.69, 9.17) is 16.3 Å². The normalized spacial score (nSPS) is 12.1. The zero-order chi connectivity index (χ0) is 26.3. The topological polar surface area (TPSA) is 60.2 Å². The van der Waals surface area contributed by atoms with Crippen molar-refractivity contribution in [2.24, 2.45) is 7.05 Å². The number of halogens is 7. The first-order chi connectivity index (χ1) is 16.8. The lowest BCUT2D eigenvalue weighted by Gasteiger charge is -2.17. The molecule has 2 heterocycles. The van der Waals surface area contributed by atoms with Gasteiger partial charge < -0.3 is 9.84 Å². The van der Waals surface area contributed by atoms with Gasteiger partial charge in [0.15, 0.2) is 5.69 Å². The van der Waals surface area contributed by atoms with Crippen molar-refractivity contribution in [3.05, 3.63) is 82.8 Å². The Balaban J connectivity index is 1.85. The Bertz CT molecular complexity index is 1400. The minimum absolute atomic E-state index is 0.00876. The van der Waals surface area contributed by atoms with E-state index in [0.29, 0.717) is 16.8 Å². The second-order valence-corrected chi connectivity index (χ2v) is 8.18. The Hall–Kier alpha value is -3.73. The quantitative estimate of drug-likeness (QED) is 0.281. The Morgan fingerprint density at radius 1 is 0.944 bits per heavy atom. The summed E-state index contributed by atoms with van der Waals surface area (Å²) >= 11 is 5.87. The Labute approximate surface area is 205 Å². The monoisotopic (exact) mass is 527 g/mol. The van der Waals surface area contributed by atoms with Gasteiger partial charge in [0.2, 0.25) is 0 Å². The van der Waals surface area contributed by atoms with Crippen molar-refractivity contribution in [2.45, 2.75) is 19.0 Å². The second kappa shape index (κ2) is 9.38. The summed E-state index contributed by atoms with van der Waals surface area (Å²) in [5.74, 6) is -0.605. The molecule has 188 valence electrons. The molecule has 2 aromatic heterocycles. The summed E-state index contributed by atoms with van der Waals surface area (Å²) in [6.07, 6.45) is -7.74. The average molecular weight is 528 g/mol. The molecule has 0 saturated carbocycles. The van der Waals surface area contributed by atoms with E-state index in [1.807, 2.05) is 0 Å². The van der Waals surface area contributed by atoms with E-state index in [2.05, 4.69) is 10.1 Å². The smallest absolute Gasteiger partial charge is 0.435 e. The highest BCUT2D eigenvalue weighted by Crippen LogP contribution is 2.46. The summed E-state index contributed by atoms with van der Waals surface area (Å²) in [4.78, 5) is 3.63. The zero-order valence-corrected chi connectivity index (χ0v) is 19.1. The van der Waals surface area contributed by atoms with Gasteiger partial charge in [0.1, 0.15) is 18.1 Å². The van der Waals surface area contributed by atoms with Crippen LogP contribution in [-0.2, 0) is 26.0 Å². The first-order valence-electron chi connectivity index (χ1n) is 10.2. The Morgan fingerprint density at radius 3 is 2.25 bits per heavy atom. The maximum atomic E-state index is 13.3. The molecule has 0 amide bonds. The summed E-state index contributed by atoms with van der Waals surface area (Å²) < 4.78 is 86.2. The first kappa shape index (κ1) is 25.4. The number of phenols is 1. The molecular weight excluding hydrogens is 512 g/mol. The molecule has 0 aliphatic heterocycles. The lowest BCUT2D eigenvalue weighted by molar-refractivity contribution is -0.141. The van der Waals surface area contributed by atoms with Gasteiger partial charge in [-0.05, 0) is 42.0 Å². The Kier molecular flexibility index (Phi) is 6.61. The molecule has 36 heavy (non-hydrogen) atoms. The lowest BCUT2D eigenvalue weighted by atomic mass is 9.98. The van der Waals surface area contributed by atoms with Gasteiger partial charge >= 0.3 is 12.4 Å². The third kappa shape index (κ3) is 5.25. The largest absolute Gasteiger partial charge is 0.506 e. The Morgan fingerprint density at radius 2 is 1.64 bits per heavy atom. The standard InChI is InChI=1S/C24H16ClF6N3O2/c1-34-18(9-20(33-34)24(29,30)31)17-6-7-19(36-12-13-2-4-16(25)5-3-13)21(22(17)35)14-8-15(11-32-10-14)23(26,27)28/h2-11,35H,12H2,1H3. The van der Waals surface area contributed by atoms with Gasteiger partial charge in [-0.15, -0.1) is 0 Å². The number of hydrogen-bond acceptors (Lipinski definition) is 4. The number of hydrogen-bond donors (Lipinski definition) is 1. The molecule has 0 bridgehead atoms. The number of pyridine rings is 1. The fraction of sp³-hybridized carbons (Fsp3) is 0.167. The molecule has 0 fully saturated rings. The van der Waals surface area contributed by atoms with Crippen LogP contribution in [0.15, 0.2) is 60.9 Å². The van der Waals surface area contributed by atoms with Gasteiger partial charge in [-0.3, -0.25) is 9.67 Å². The van der Waals surface area contributed by atoms with Crippen molar-refractivity contribution < 1.29 is 36.2 Å². The van der Waals surface area contributed by atoms with Crippen LogP contribution in [0.5, 0.6) is 11.5 Å². The maximum Gasteiger partial charge on any atom is 0.435 e. The summed E-state index contributed by atoms with van der Waals surface area (Å²) in [7, 11) is 1.25. The van der Waals surface area contributed by atoms with E-state index in [-0.39, 0.29) is 34.7 Å². The zero-order valence-electron chi connectivity index (χ0n) is 18.3. The molecule has 2 aromatic carbocycles. The summed E-state index contributed by atoms with van der Waals surface area (Å²) in [6, 6.07) is 10.8. The van der Waals surface area contributed by atoms with E-state index in [1.165, 1.54) is 19.2 Å². The molecule has 12 heteroatoms. The molecule has 0 aliphatic rings. The summed E-state index contributed by atoms with van der Waals surface area (Å²) in [5.41, 5.74) is -2.10. The van der Waals surface area contributed by atoms with Crippen molar-refractivity contribution in [2.75, 3.05) is 0 Å². The van der Waals surface area contributed by atoms with E-state index in [9.17, 15) is 31.4 Å². The van der Waals surface area contributed by atoms with Gasteiger partial charge in [-0.2, -0.15) is 31.4 Å². The van der Waals surface area contributed by atoms with E-state index < -0.39 is 29.4 Å². The van der Waals surface area contributed by atoms with E-state index in [0.717, 1.165) is 23.0 Å². The van der Waals surface area contributed by atoms with Gasteiger partial charge in [0.05, 0.1) is 16.8 Å². The number of rotatable bonds is 5. The highest BCUT2D eigenvalue weighted by atomic mass is 35.5. The molecule has 0 aliphatic carbocycles. The van der Waals surface area contributed by atoms with Crippen molar-refractivity contribution in [3.63, 3.8) is 0 Å². The van der Waals surface area contributed by atoms with Crippen molar-refractivity contribution >= 4 is 11.6 Å². The molecule has 0 spiro atoms. The third-order valence-electron chi connectivity index (χ3n) is 5.25. The highest BCUT2D eigenvalue weighted by molar-refractivity contribution is 6.30. The van der Waals surface area contributed by atoms with Crippen LogP contribution in [0, 0.1) is 0 Å². The summed E-state index contributed by atoms with van der Waals surface area (Å²) in [5, 5.41) is 15.0. The SMILES string of the molecule is Cn1nc(C(F)(F)F)cc1-c1ccc(OCc2ccc(Cl)cc2)c(-c2cncc(C(F)(F)F)c2)c1O. The van der Waals surface area contributed by atoms with Crippen LogP contribution in [0.2, 0.25) is 5.02 Å². The third-order valence-corrected chi connectivity index (χ3v) is 5.50. The van der Waals surface area contributed by atoms with Crippen LogP contribution in [0.3, 0.4) is 0 Å². The number of phenolic OH excluding ortho intramolecular Hbond substituents is 1. The van der Waals surface area contributed by atoms with Crippen LogP contribution < -0.4 is 4.74 Å². The molecule has 4 aromatic rings. The molecule has 4 rings (SSSR count). The number of alkyl halides is 6. The molecule has 1 N–H and O–H groups in total. The van der Waals surface area contributed by atoms with Crippen molar-refractivity contribution in [1.29, 1.82) is 0 Å². The number of aromatic nitrogens is 3. The number of aromatic hydroxyl groups is 1. The minimum atomic E-state index is -4.74. The van der Waals surface area contributed by atoms with Gasteiger partial charge in [0.25, 0.3) is 0 Å². The maximum absolute atomic E-state index is 13.3. The molecule has 0 atom stereocenters. The molecular formula is C24H16ClF6N3O2. The molecule has 0 radical (unpaired) electrons. The van der Waals surface area contributed by atoms with Gasteiger partial charge in [-0.25, -0.2) is 0 Å². The van der Waals surface area contributed by atoms with Crippen LogP contribution in [-0.4, -0.2) is 19.9 Å². The first-order valence-corrected chi connectivity index (χ1v) is 10.6. The average Bonchev–Trinajstić information content (AvgIpc) is 3.20. The number of nitrogens with zero attached hydrogens (tertiary/aromatic N) is 3. The van der Waals surface area contributed by atoms with Crippen molar-refractivity contribution in [3.8, 4) is 33.9 Å². The fourth-order valence-electron chi connectivity index (χ4n) is 3.51.